The fourth-order valence-corrected chi connectivity index (χ4v) is 4.59. The molecule has 1 amide bonds. The van der Waals surface area contributed by atoms with E-state index in [1.165, 1.54) is 0 Å². The average Bonchev–Trinajstić information content (AvgIpc) is 2.87. The van der Waals surface area contributed by atoms with Crippen LogP contribution in [0.5, 0.6) is 0 Å². The zero-order valence-electron chi connectivity index (χ0n) is 25.2. The van der Waals surface area contributed by atoms with Crippen molar-refractivity contribution in [1.82, 2.24) is 5.32 Å². The number of aliphatic hydroxyl groups excluding tert-OH is 1. The van der Waals surface area contributed by atoms with Gasteiger partial charge in [0.2, 0.25) is 5.91 Å². The second-order valence-corrected chi connectivity index (χ2v) is 9.84. The van der Waals surface area contributed by atoms with Gasteiger partial charge in [0.15, 0.2) is 37.0 Å². The molecule has 44 heavy (non-hydrogen) atoms. The molecule has 10 atom stereocenters. The Labute approximate surface area is 251 Å². The van der Waals surface area contributed by atoms with Gasteiger partial charge >= 0.3 is 35.8 Å². The zero-order chi connectivity index (χ0) is 33.3. The van der Waals surface area contributed by atoms with Crippen molar-refractivity contribution < 1.29 is 81.3 Å². The lowest BCUT2D eigenvalue weighted by Gasteiger charge is -2.48. The van der Waals surface area contributed by atoms with Crippen LogP contribution >= 0.6 is 0 Å². The SMILES string of the molecule is CC(=O)N[C@H]1[C@@H](OC(C)=O)[C@H](O[C@@H]2OC(COC(C)=O)[C@H](OC(C)=O)[C@H](OC(C)=O)[C@@H]2OC(C)=O)C(COC(C)=O)O[C@H]1O. The van der Waals surface area contributed by atoms with Gasteiger partial charge in [0.25, 0.3) is 0 Å². The molecule has 18 nitrogen and oxygen atoms in total. The van der Waals surface area contributed by atoms with Crippen molar-refractivity contribution in [2.45, 2.75) is 110 Å². The van der Waals surface area contributed by atoms with Crippen LogP contribution in [0.25, 0.3) is 0 Å². The fourth-order valence-electron chi connectivity index (χ4n) is 4.59. The van der Waals surface area contributed by atoms with Gasteiger partial charge in [-0.2, -0.15) is 0 Å². The molecule has 2 N–H and O–H groups in total. The molecule has 2 saturated heterocycles. The summed E-state index contributed by atoms with van der Waals surface area (Å²) < 4.78 is 49.2. The Bertz CT molecular complexity index is 1090. The zero-order valence-corrected chi connectivity index (χ0v) is 25.2. The Balaban J connectivity index is 2.66. The number of nitrogens with one attached hydrogen (secondary N) is 1. The molecule has 0 radical (unpaired) electrons. The molecule has 2 aliphatic heterocycles. The summed E-state index contributed by atoms with van der Waals surface area (Å²) in [5, 5.41) is 13.1. The third-order valence-electron chi connectivity index (χ3n) is 6.03. The van der Waals surface area contributed by atoms with E-state index in [0.717, 1.165) is 48.5 Å². The molecule has 0 saturated carbocycles. The van der Waals surface area contributed by atoms with Gasteiger partial charge in [-0.25, -0.2) is 0 Å². The molecule has 0 aromatic heterocycles. The highest BCUT2D eigenvalue weighted by Gasteiger charge is 2.56. The summed E-state index contributed by atoms with van der Waals surface area (Å²) in [6, 6.07) is -1.43. The standard InChI is InChI=1S/C26H37NO17/c1-10(28)27-19-22(39-14(5)32)20(17(42-25(19)35)8-36-11(2)29)44-26-24(41-16(7)34)23(40-15(6)33)21(38-13(4)31)18(43-26)9-37-12(3)30/h17-26,35H,8-9H2,1-7H3,(H,27,28)/t17?,18?,19-,20+,21-,22+,23-,24-,25+,26-/m0/s1. The van der Waals surface area contributed by atoms with Crippen LogP contribution in [0.2, 0.25) is 0 Å². The third kappa shape index (κ3) is 10.7. The van der Waals surface area contributed by atoms with Crippen LogP contribution in [0, 0.1) is 0 Å². The molecule has 0 aromatic rings. The van der Waals surface area contributed by atoms with E-state index in [1.807, 2.05) is 0 Å². The molecule has 0 spiro atoms. The van der Waals surface area contributed by atoms with E-state index in [0.29, 0.717) is 0 Å². The van der Waals surface area contributed by atoms with E-state index in [9.17, 15) is 38.7 Å². The number of carbonyl (C=O) groups is 7. The van der Waals surface area contributed by atoms with Crippen LogP contribution < -0.4 is 5.32 Å². The Hall–Kier alpha value is -3.87. The van der Waals surface area contributed by atoms with Crippen LogP contribution in [-0.2, 0) is 76.2 Å². The number of amides is 1. The highest BCUT2D eigenvalue weighted by molar-refractivity contribution is 5.73. The predicted octanol–water partition coefficient (Wildman–Crippen LogP) is -1.83. The van der Waals surface area contributed by atoms with Crippen molar-refractivity contribution in [1.29, 1.82) is 0 Å². The van der Waals surface area contributed by atoms with Crippen LogP contribution in [-0.4, -0.2) is 121 Å². The molecule has 0 bridgehead atoms. The monoisotopic (exact) mass is 635 g/mol. The largest absolute Gasteiger partial charge is 0.463 e. The maximum Gasteiger partial charge on any atom is 0.303 e. The topological polar surface area (TPSA) is 235 Å². The van der Waals surface area contributed by atoms with Crippen molar-refractivity contribution >= 4 is 41.7 Å². The predicted molar refractivity (Wildman–Crippen MR) is 138 cm³/mol. The van der Waals surface area contributed by atoms with Crippen molar-refractivity contribution in [3.05, 3.63) is 0 Å². The highest BCUT2D eigenvalue weighted by atomic mass is 16.8. The molecule has 2 aliphatic rings. The number of ether oxygens (including phenoxy) is 9. The van der Waals surface area contributed by atoms with Gasteiger partial charge in [-0.3, -0.25) is 33.6 Å². The molecule has 2 fully saturated rings. The van der Waals surface area contributed by atoms with Crippen molar-refractivity contribution in [3.63, 3.8) is 0 Å². The Kier molecular flexibility index (Phi) is 13.4. The van der Waals surface area contributed by atoms with Crippen molar-refractivity contribution in [3.8, 4) is 0 Å². The number of rotatable bonds is 11. The fraction of sp³-hybridized carbons (Fsp3) is 0.731. The Morgan fingerprint density at radius 3 is 1.45 bits per heavy atom. The van der Waals surface area contributed by atoms with E-state index in [2.05, 4.69) is 5.32 Å². The molecule has 0 aromatic carbocycles. The van der Waals surface area contributed by atoms with E-state index >= 15 is 0 Å². The lowest BCUT2D eigenvalue weighted by Crippen LogP contribution is -2.68. The first-order valence-corrected chi connectivity index (χ1v) is 13.4. The number of esters is 6. The normalized spacial score (nSPS) is 31.5. The van der Waals surface area contributed by atoms with Gasteiger partial charge in [-0.1, -0.05) is 0 Å². The molecule has 2 rings (SSSR count). The summed E-state index contributed by atoms with van der Waals surface area (Å²) >= 11 is 0. The summed E-state index contributed by atoms with van der Waals surface area (Å²) in [6.45, 7) is 6.33. The average molecular weight is 636 g/mol. The Morgan fingerprint density at radius 1 is 0.568 bits per heavy atom. The molecule has 248 valence electrons. The van der Waals surface area contributed by atoms with Crippen LogP contribution in [0.4, 0.5) is 0 Å². The summed E-state index contributed by atoms with van der Waals surface area (Å²) in [5.74, 6) is -5.68. The quantitative estimate of drug-likeness (QED) is 0.188. The van der Waals surface area contributed by atoms with E-state index in [-0.39, 0.29) is 0 Å². The second kappa shape index (κ2) is 16.3. The van der Waals surface area contributed by atoms with Gasteiger partial charge in [0, 0.05) is 48.5 Å². The summed E-state index contributed by atoms with van der Waals surface area (Å²) in [6.07, 6.45) is -14.2. The van der Waals surface area contributed by atoms with Gasteiger partial charge in [-0.15, -0.1) is 0 Å². The molecule has 2 unspecified atom stereocenters. The number of aliphatic hydroxyl groups is 1. The molecular formula is C26H37NO17. The summed E-state index contributed by atoms with van der Waals surface area (Å²) in [7, 11) is 0. The van der Waals surface area contributed by atoms with Gasteiger partial charge in [-0.05, 0) is 0 Å². The molecule has 2 heterocycles. The third-order valence-corrected chi connectivity index (χ3v) is 6.03. The second-order valence-electron chi connectivity index (χ2n) is 9.84. The minimum atomic E-state index is -1.79. The van der Waals surface area contributed by atoms with Crippen LogP contribution in [0.1, 0.15) is 48.5 Å². The molecular weight excluding hydrogens is 598 g/mol. The molecule has 18 heteroatoms. The van der Waals surface area contributed by atoms with Crippen molar-refractivity contribution in [2.75, 3.05) is 13.2 Å². The first kappa shape index (κ1) is 36.3. The van der Waals surface area contributed by atoms with Gasteiger partial charge < -0.3 is 53.1 Å². The first-order valence-electron chi connectivity index (χ1n) is 13.4. The number of hydrogen-bond donors (Lipinski definition) is 2. The smallest absolute Gasteiger partial charge is 0.303 e. The first-order chi connectivity index (χ1) is 20.5. The van der Waals surface area contributed by atoms with Gasteiger partial charge in [0.1, 0.15) is 37.6 Å². The van der Waals surface area contributed by atoms with E-state index in [4.69, 9.17) is 42.6 Å². The number of carbonyl (C=O) groups excluding carboxylic acids is 7. The van der Waals surface area contributed by atoms with Crippen LogP contribution in [0.15, 0.2) is 0 Å². The van der Waals surface area contributed by atoms with Crippen molar-refractivity contribution in [2.24, 2.45) is 0 Å². The number of hydrogen-bond acceptors (Lipinski definition) is 17. The molecule has 0 aliphatic carbocycles. The van der Waals surface area contributed by atoms with E-state index < -0.39 is 116 Å². The van der Waals surface area contributed by atoms with E-state index in [1.54, 1.807) is 0 Å². The minimum absolute atomic E-state index is 0.559. The summed E-state index contributed by atoms with van der Waals surface area (Å²) in [5.41, 5.74) is 0. The highest BCUT2D eigenvalue weighted by Crippen LogP contribution is 2.34. The Morgan fingerprint density at radius 2 is 1.00 bits per heavy atom. The maximum absolute atomic E-state index is 12.2. The van der Waals surface area contributed by atoms with Crippen LogP contribution in [0.3, 0.4) is 0 Å². The summed E-state index contributed by atoms with van der Waals surface area (Å²) in [4.78, 5) is 83.6. The minimum Gasteiger partial charge on any atom is -0.463 e. The lowest BCUT2D eigenvalue weighted by atomic mass is 9.95. The maximum atomic E-state index is 12.2. The van der Waals surface area contributed by atoms with Gasteiger partial charge in [0.05, 0.1) is 0 Å². The lowest BCUT2D eigenvalue weighted by molar-refractivity contribution is -0.347.